The van der Waals surface area contributed by atoms with E-state index in [1.165, 1.54) is 7.11 Å². The van der Waals surface area contributed by atoms with Gasteiger partial charge in [-0.2, -0.15) is 0 Å². The SMILES string of the molecule is COCCS(=O)(=O)C(C)C(N)c1ccccc1. The first-order valence-corrected chi connectivity index (χ1v) is 7.21. The van der Waals surface area contributed by atoms with Crippen molar-refractivity contribution in [2.45, 2.75) is 18.2 Å². The number of sulfone groups is 1. The van der Waals surface area contributed by atoms with E-state index in [1.807, 2.05) is 30.3 Å². The second-order valence-corrected chi connectivity index (χ2v) is 6.48. The van der Waals surface area contributed by atoms with Crippen LogP contribution in [0.2, 0.25) is 0 Å². The average Bonchev–Trinajstić information content (AvgIpc) is 2.35. The van der Waals surface area contributed by atoms with E-state index in [4.69, 9.17) is 10.5 Å². The molecule has 0 aliphatic heterocycles. The highest BCUT2D eigenvalue weighted by Gasteiger charge is 2.27. The maximum absolute atomic E-state index is 11.9. The summed E-state index contributed by atoms with van der Waals surface area (Å²) >= 11 is 0. The van der Waals surface area contributed by atoms with Gasteiger partial charge < -0.3 is 10.5 Å². The molecule has 0 radical (unpaired) electrons. The van der Waals surface area contributed by atoms with Crippen LogP contribution in [0, 0.1) is 0 Å². The van der Waals surface area contributed by atoms with Crippen LogP contribution >= 0.6 is 0 Å². The molecule has 2 atom stereocenters. The van der Waals surface area contributed by atoms with Gasteiger partial charge in [-0.05, 0) is 12.5 Å². The largest absolute Gasteiger partial charge is 0.384 e. The highest BCUT2D eigenvalue weighted by Crippen LogP contribution is 2.19. The number of ether oxygens (including phenoxy) is 1. The summed E-state index contributed by atoms with van der Waals surface area (Å²) in [5.41, 5.74) is 6.81. The van der Waals surface area contributed by atoms with Gasteiger partial charge in [-0.15, -0.1) is 0 Å². The molecule has 1 aromatic rings. The number of nitrogens with two attached hydrogens (primary N) is 1. The molecule has 17 heavy (non-hydrogen) atoms. The van der Waals surface area contributed by atoms with Crippen molar-refractivity contribution >= 4 is 9.84 Å². The summed E-state index contributed by atoms with van der Waals surface area (Å²) in [5, 5.41) is -0.611. The van der Waals surface area contributed by atoms with Crippen molar-refractivity contribution in [1.82, 2.24) is 0 Å². The first kappa shape index (κ1) is 14.2. The Morgan fingerprint density at radius 1 is 1.29 bits per heavy atom. The zero-order chi connectivity index (χ0) is 12.9. The van der Waals surface area contributed by atoms with Crippen LogP contribution in [0.15, 0.2) is 30.3 Å². The zero-order valence-electron chi connectivity index (χ0n) is 10.2. The Hall–Kier alpha value is -0.910. The summed E-state index contributed by atoms with van der Waals surface area (Å²) in [4.78, 5) is 0. The van der Waals surface area contributed by atoms with Crippen molar-refractivity contribution < 1.29 is 13.2 Å². The molecule has 0 fully saturated rings. The zero-order valence-corrected chi connectivity index (χ0v) is 11.0. The fourth-order valence-corrected chi connectivity index (χ4v) is 2.93. The molecule has 2 N–H and O–H groups in total. The molecule has 4 nitrogen and oxygen atoms in total. The molecule has 1 rings (SSSR count). The Morgan fingerprint density at radius 2 is 1.88 bits per heavy atom. The Morgan fingerprint density at radius 3 is 2.41 bits per heavy atom. The van der Waals surface area contributed by atoms with E-state index < -0.39 is 21.1 Å². The second-order valence-electron chi connectivity index (χ2n) is 4.00. The summed E-state index contributed by atoms with van der Waals surface area (Å²) in [6, 6.07) is 8.76. The normalized spacial score (nSPS) is 15.5. The first-order chi connectivity index (χ1) is 7.99. The molecule has 0 spiro atoms. The molecule has 5 heteroatoms. The minimum Gasteiger partial charge on any atom is -0.384 e. The minimum atomic E-state index is -3.22. The van der Waals surface area contributed by atoms with E-state index in [9.17, 15) is 8.42 Å². The molecule has 0 bridgehead atoms. The number of methoxy groups -OCH3 is 1. The Bertz CT molecular complexity index is 430. The van der Waals surface area contributed by atoms with Crippen LogP contribution in [-0.4, -0.2) is 33.1 Å². The lowest BCUT2D eigenvalue weighted by Gasteiger charge is -2.20. The molecule has 0 amide bonds. The average molecular weight is 257 g/mol. The van der Waals surface area contributed by atoms with Gasteiger partial charge in [-0.3, -0.25) is 0 Å². The van der Waals surface area contributed by atoms with Crippen LogP contribution in [0.5, 0.6) is 0 Å². The fourth-order valence-electron chi connectivity index (χ4n) is 1.56. The van der Waals surface area contributed by atoms with Gasteiger partial charge in [0.2, 0.25) is 0 Å². The summed E-state index contributed by atoms with van der Waals surface area (Å²) in [7, 11) is -1.74. The Balaban J connectivity index is 2.79. The molecule has 0 aliphatic rings. The smallest absolute Gasteiger partial charge is 0.157 e. The lowest BCUT2D eigenvalue weighted by Crippen LogP contribution is -2.33. The van der Waals surface area contributed by atoms with Gasteiger partial charge in [0.25, 0.3) is 0 Å². The fraction of sp³-hybridized carbons (Fsp3) is 0.500. The quantitative estimate of drug-likeness (QED) is 0.829. The van der Waals surface area contributed by atoms with Gasteiger partial charge in [0.1, 0.15) is 0 Å². The number of hydrogen-bond acceptors (Lipinski definition) is 4. The van der Waals surface area contributed by atoms with Crippen molar-refractivity contribution in [2.24, 2.45) is 5.73 Å². The number of benzene rings is 1. The van der Waals surface area contributed by atoms with Crippen molar-refractivity contribution in [2.75, 3.05) is 19.5 Å². The first-order valence-electron chi connectivity index (χ1n) is 5.50. The molecular formula is C12H19NO3S. The lowest BCUT2D eigenvalue weighted by molar-refractivity contribution is 0.217. The molecule has 96 valence electrons. The van der Waals surface area contributed by atoms with Crippen LogP contribution < -0.4 is 5.73 Å². The summed E-state index contributed by atoms with van der Waals surface area (Å²) in [6.07, 6.45) is 0. The Kier molecular flexibility index (Phi) is 5.11. The van der Waals surface area contributed by atoms with E-state index in [-0.39, 0.29) is 12.4 Å². The summed E-state index contributed by atoms with van der Waals surface area (Å²) < 4.78 is 28.7. The second kappa shape index (κ2) is 6.14. The highest BCUT2D eigenvalue weighted by atomic mass is 32.2. The molecule has 0 heterocycles. The third-order valence-corrected chi connectivity index (χ3v) is 4.99. The van der Waals surface area contributed by atoms with Crippen molar-refractivity contribution in [3.63, 3.8) is 0 Å². The maximum Gasteiger partial charge on any atom is 0.157 e. The van der Waals surface area contributed by atoms with Crippen LogP contribution in [-0.2, 0) is 14.6 Å². The summed E-state index contributed by atoms with van der Waals surface area (Å²) in [6.45, 7) is 1.84. The highest BCUT2D eigenvalue weighted by molar-refractivity contribution is 7.92. The van der Waals surface area contributed by atoms with Crippen LogP contribution in [0.3, 0.4) is 0 Å². The predicted molar refractivity (Wildman–Crippen MR) is 68.5 cm³/mol. The van der Waals surface area contributed by atoms with Gasteiger partial charge in [0.15, 0.2) is 9.84 Å². The van der Waals surface area contributed by atoms with E-state index >= 15 is 0 Å². The predicted octanol–water partition coefficient (Wildman–Crippen LogP) is 1.14. The topological polar surface area (TPSA) is 69.4 Å². The van der Waals surface area contributed by atoms with Crippen molar-refractivity contribution in [3.8, 4) is 0 Å². The third-order valence-electron chi connectivity index (χ3n) is 2.83. The van der Waals surface area contributed by atoms with Crippen LogP contribution in [0.1, 0.15) is 18.5 Å². The molecule has 0 aliphatic carbocycles. The standard InChI is InChI=1S/C12H19NO3S/c1-10(17(14,15)9-8-16-2)12(13)11-6-4-3-5-7-11/h3-7,10,12H,8-9,13H2,1-2H3. The van der Waals surface area contributed by atoms with Gasteiger partial charge in [0.05, 0.1) is 17.6 Å². The monoisotopic (exact) mass is 257 g/mol. The molecular weight excluding hydrogens is 238 g/mol. The minimum absolute atomic E-state index is 0.00516. The van der Waals surface area contributed by atoms with Gasteiger partial charge in [-0.25, -0.2) is 8.42 Å². The van der Waals surface area contributed by atoms with E-state index in [1.54, 1.807) is 6.92 Å². The Labute approximate surface area is 103 Å². The van der Waals surface area contributed by atoms with Crippen molar-refractivity contribution in [3.05, 3.63) is 35.9 Å². The molecule has 0 saturated carbocycles. The molecule has 2 unspecified atom stereocenters. The maximum atomic E-state index is 11.9. The molecule has 0 saturated heterocycles. The van der Waals surface area contributed by atoms with E-state index in [0.29, 0.717) is 0 Å². The van der Waals surface area contributed by atoms with Gasteiger partial charge >= 0.3 is 0 Å². The van der Waals surface area contributed by atoms with Crippen molar-refractivity contribution in [1.29, 1.82) is 0 Å². The van der Waals surface area contributed by atoms with E-state index in [2.05, 4.69) is 0 Å². The van der Waals surface area contributed by atoms with Crippen LogP contribution in [0.25, 0.3) is 0 Å². The molecule has 0 aromatic heterocycles. The van der Waals surface area contributed by atoms with Gasteiger partial charge in [-0.1, -0.05) is 30.3 Å². The summed E-state index contributed by atoms with van der Waals surface area (Å²) in [5.74, 6) is 0.00516. The van der Waals surface area contributed by atoms with Crippen LogP contribution in [0.4, 0.5) is 0 Å². The lowest BCUT2D eigenvalue weighted by atomic mass is 10.1. The molecule has 1 aromatic carbocycles. The number of hydrogen-bond donors (Lipinski definition) is 1. The van der Waals surface area contributed by atoms with Gasteiger partial charge in [0, 0.05) is 13.2 Å². The number of rotatable bonds is 6. The van der Waals surface area contributed by atoms with E-state index in [0.717, 1.165) is 5.56 Å². The third kappa shape index (κ3) is 3.80.